The lowest BCUT2D eigenvalue weighted by Crippen LogP contribution is -2.14. The average molecular weight is 501 g/mol. The lowest BCUT2D eigenvalue weighted by molar-refractivity contribution is -0.115. The van der Waals surface area contributed by atoms with E-state index in [2.05, 4.69) is 25.6 Å². The number of aliphatic hydroxyl groups excluding tert-OH is 1. The Kier molecular flexibility index (Phi) is 6.60. The highest BCUT2D eigenvalue weighted by molar-refractivity contribution is 5.92. The summed E-state index contributed by atoms with van der Waals surface area (Å²) < 4.78 is 19.7. The first-order valence-corrected chi connectivity index (χ1v) is 11.6. The second kappa shape index (κ2) is 10.2. The largest absolute Gasteiger partial charge is 0.394 e. The topological polar surface area (TPSA) is 116 Å². The highest BCUT2D eigenvalue weighted by atomic mass is 19.1. The number of carbonyl (C=O) groups excluding carboxylic acids is 1. The number of anilines is 1. The molecule has 4 aromatic heterocycles. The van der Waals surface area contributed by atoms with Crippen molar-refractivity contribution in [3.63, 3.8) is 0 Å². The molecule has 37 heavy (non-hydrogen) atoms. The van der Waals surface area contributed by atoms with E-state index in [0.29, 0.717) is 46.1 Å². The molecule has 0 aliphatic heterocycles. The Morgan fingerprint density at radius 2 is 1.95 bits per heavy atom. The third-order valence-electron chi connectivity index (χ3n) is 5.72. The predicted molar refractivity (Wildman–Crippen MR) is 135 cm³/mol. The zero-order chi connectivity index (χ0) is 25.9. The van der Waals surface area contributed by atoms with Crippen molar-refractivity contribution in [3.05, 3.63) is 84.5 Å². The normalized spacial score (nSPS) is 11.1. The fraction of sp³-hybridized carbons (Fsp3) is 0.192. The molecule has 0 atom stereocenters. The number of benzene rings is 1. The van der Waals surface area contributed by atoms with Crippen molar-refractivity contribution in [1.29, 1.82) is 0 Å². The van der Waals surface area contributed by atoms with E-state index >= 15 is 0 Å². The minimum atomic E-state index is -0.400. The summed E-state index contributed by atoms with van der Waals surface area (Å²) in [6.07, 6.45) is 6.56. The van der Waals surface area contributed by atoms with Crippen LogP contribution in [-0.4, -0.2) is 51.9 Å². The van der Waals surface area contributed by atoms with Gasteiger partial charge in [-0.15, -0.1) is 0 Å². The number of hydrogen-bond donors (Lipinski definition) is 2. The van der Waals surface area contributed by atoms with Crippen molar-refractivity contribution in [2.24, 2.45) is 7.05 Å². The molecule has 1 amide bonds. The summed E-state index contributed by atoms with van der Waals surface area (Å²) in [5.41, 5.74) is 4.24. The molecule has 188 valence electrons. The van der Waals surface area contributed by atoms with Crippen molar-refractivity contribution in [3.8, 4) is 28.2 Å². The zero-order valence-electron chi connectivity index (χ0n) is 20.3. The number of hydrogen-bond acceptors (Lipinski definition) is 6. The van der Waals surface area contributed by atoms with Crippen molar-refractivity contribution in [1.82, 2.24) is 34.3 Å². The van der Waals surface area contributed by atoms with Gasteiger partial charge in [0.25, 0.3) is 0 Å². The molecule has 0 saturated heterocycles. The zero-order valence-corrected chi connectivity index (χ0v) is 20.3. The van der Waals surface area contributed by atoms with Gasteiger partial charge in [0.2, 0.25) is 5.91 Å². The number of amides is 1. The van der Waals surface area contributed by atoms with E-state index in [4.69, 9.17) is 0 Å². The number of aromatic nitrogens is 7. The number of halogens is 1. The molecule has 0 bridgehead atoms. The maximum absolute atomic E-state index is 14.8. The Morgan fingerprint density at radius 1 is 1.08 bits per heavy atom. The fourth-order valence-corrected chi connectivity index (χ4v) is 4.03. The molecule has 1 aromatic carbocycles. The van der Waals surface area contributed by atoms with Crippen molar-refractivity contribution >= 4 is 11.6 Å². The van der Waals surface area contributed by atoms with Gasteiger partial charge in [-0.25, -0.2) is 14.1 Å². The lowest BCUT2D eigenvalue weighted by Gasteiger charge is -2.09. The van der Waals surface area contributed by atoms with Gasteiger partial charge in [0, 0.05) is 41.8 Å². The highest BCUT2D eigenvalue weighted by Crippen LogP contribution is 2.30. The first kappa shape index (κ1) is 24.1. The third kappa shape index (κ3) is 5.31. The number of carbonyl (C=O) groups is 1. The molecule has 5 aromatic rings. The SMILES string of the molecule is Cc1cccc(-n2nc(CC(=O)Nc3cnn(C)c3)cc2-c2ccc(F)c(-c3cnn(CCO)c3)c2)n1. The molecule has 2 N–H and O–H groups in total. The first-order chi connectivity index (χ1) is 17.9. The van der Waals surface area contributed by atoms with Crippen LogP contribution >= 0.6 is 0 Å². The Hall–Kier alpha value is -4.64. The summed E-state index contributed by atoms with van der Waals surface area (Å²) in [6.45, 7) is 2.13. The first-order valence-electron chi connectivity index (χ1n) is 11.6. The van der Waals surface area contributed by atoms with Crippen LogP contribution in [0.1, 0.15) is 11.4 Å². The summed E-state index contributed by atoms with van der Waals surface area (Å²) in [4.78, 5) is 17.3. The molecule has 5 rings (SSSR count). The lowest BCUT2D eigenvalue weighted by atomic mass is 10.0. The van der Waals surface area contributed by atoms with Gasteiger partial charge in [-0.2, -0.15) is 15.3 Å². The second-order valence-electron chi connectivity index (χ2n) is 8.61. The third-order valence-corrected chi connectivity index (χ3v) is 5.72. The van der Waals surface area contributed by atoms with Gasteiger partial charge < -0.3 is 10.4 Å². The predicted octanol–water partition coefficient (Wildman–Crippen LogP) is 3.15. The Labute approximate surface area is 212 Å². The standard InChI is InChI=1S/C26H25FN8O2/c1-17-4-3-5-25(30-17)35-24(11-20(32-35)12-26(37)31-21-14-28-33(2)16-21)18-6-7-23(27)22(10-18)19-13-29-34(15-19)8-9-36/h3-7,10-11,13-16,36H,8-9,12H2,1-2H3,(H,31,37). The van der Waals surface area contributed by atoms with E-state index < -0.39 is 5.82 Å². The number of nitrogens with zero attached hydrogens (tertiary/aromatic N) is 7. The smallest absolute Gasteiger partial charge is 0.230 e. The molecule has 0 unspecified atom stereocenters. The molecule has 4 heterocycles. The van der Waals surface area contributed by atoms with Crippen LogP contribution in [0.4, 0.5) is 10.1 Å². The molecule has 0 aliphatic carbocycles. The van der Waals surface area contributed by atoms with Gasteiger partial charge in [-0.3, -0.25) is 14.2 Å². The Balaban J connectivity index is 1.52. The summed E-state index contributed by atoms with van der Waals surface area (Å²) in [5, 5.41) is 24.9. The number of nitrogens with one attached hydrogen (secondary N) is 1. The van der Waals surface area contributed by atoms with Crippen LogP contribution in [-0.2, 0) is 24.8 Å². The molecule has 0 saturated carbocycles. The molecule has 0 spiro atoms. The minimum Gasteiger partial charge on any atom is -0.394 e. The number of aliphatic hydroxyl groups is 1. The van der Waals surface area contributed by atoms with Gasteiger partial charge in [0.15, 0.2) is 5.82 Å². The summed E-state index contributed by atoms with van der Waals surface area (Å²) in [5.74, 6) is -0.0591. The van der Waals surface area contributed by atoms with Gasteiger partial charge >= 0.3 is 0 Å². The van der Waals surface area contributed by atoms with E-state index in [1.165, 1.54) is 6.07 Å². The van der Waals surface area contributed by atoms with Crippen LogP contribution in [0, 0.1) is 12.7 Å². The van der Waals surface area contributed by atoms with Gasteiger partial charge in [-0.05, 0) is 43.3 Å². The number of aryl methyl sites for hydroxylation is 2. The molecular weight excluding hydrogens is 475 g/mol. The molecule has 0 fully saturated rings. The maximum atomic E-state index is 14.8. The molecule has 11 heteroatoms. The van der Waals surface area contributed by atoms with Crippen LogP contribution in [0.2, 0.25) is 0 Å². The summed E-state index contributed by atoms with van der Waals surface area (Å²) in [6, 6.07) is 12.2. The van der Waals surface area contributed by atoms with Crippen LogP contribution in [0.3, 0.4) is 0 Å². The quantitative estimate of drug-likeness (QED) is 0.338. The molecule has 0 radical (unpaired) electrons. The van der Waals surface area contributed by atoms with E-state index in [-0.39, 0.29) is 18.9 Å². The van der Waals surface area contributed by atoms with Gasteiger partial charge in [-0.1, -0.05) is 6.07 Å². The fourth-order valence-electron chi connectivity index (χ4n) is 4.03. The molecular formula is C26H25FN8O2. The van der Waals surface area contributed by atoms with Crippen LogP contribution < -0.4 is 5.32 Å². The monoisotopic (exact) mass is 500 g/mol. The summed E-state index contributed by atoms with van der Waals surface area (Å²) in [7, 11) is 1.77. The average Bonchev–Trinajstić information content (AvgIpc) is 3.60. The summed E-state index contributed by atoms with van der Waals surface area (Å²) >= 11 is 0. The van der Waals surface area contributed by atoms with Crippen molar-refractivity contribution in [2.45, 2.75) is 19.9 Å². The van der Waals surface area contributed by atoms with Crippen molar-refractivity contribution < 1.29 is 14.3 Å². The van der Waals surface area contributed by atoms with E-state index in [9.17, 15) is 14.3 Å². The number of rotatable bonds is 8. The van der Waals surface area contributed by atoms with Crippen LogP contribution in [0.25, 0.3) is 28.2 Å². The highest BCUT2D eigenvalue weighted by Gasteiger charge is 2.18. The molecule has 0 aliphatic rings. The Morgan fingerprint density at radius 3 is 2.70 bits per heavy atom. The van der Waals surface area contributed by atoms with E-state index in [0.717, 1.165) is 5.69 Å². The van der Waals surface area contributed by atoms with Crippen LogP contribution in [0.15, 0.2) is 67.3 Å². The van der Waals surface area contributed by atoms with Gasteiger partial charge in [0.1, 0.15) is 5.82 Å². The second-order valence-corrected chi connectivity index (χ2v) is 8.61. The van der Waals surface area contributed by atoms with E-state index in [1.54, 1.807) is 64.1 Å². The minimum absolute atomic E-state index is 0.0304. The molecule has 10 nitrogen and oxygen atoms in total. The van der Waals surface area contributed by atoms with Crippen molar-refractivity contribution in [2.75, 3.05) is 11.9 Å². The van der Waals surface area contributed by atoms with E-state index in [1.807, 2.05) is 25.1 Å². The maximum Gasteiger partial charge on any atom is 0.230 e. The number of pyridine rings is 1. The van der Waals surface area contributed by atoms with Gasteiger partial charge in [0.05, 0.1) is 49.0 Å². The van der Waals surface area contributed by atoms with Crippen LogP contribution in [0.5, 0.6) is 0 Å². The Bertz CT molecular complexity index is 1570.